The summed E-state index contributed by atoms with van der Waals surface area (Å²) in [6.07, 6.45) is -10.9. The lowest BCUT2D eigenvalue weighted by Gasteiger charge is -2.46. The third-order valence-corrected chi connectivity index (χ3v) is 8.12. The lowest BCUT2D eigenvalue weighted by Crippen LogP contribution is -2.67. The fourth-order valence-electron chi connectivity index (χ4n) is 4.95. The molecule has 0 aromatic heterocycles. The van der Waals surface area contributed by atoms with Gasteiger partial charge in [-0.25, -0.2) is 0 Å². The first kappa shape index (κ1) is 40.3. The Bertz CT molecular complexity index is 1560. The molecular weight excluding hydrogens is 744 g/mol. The van der Waals surface area contributed by atoms with Gasteiger partial charge in [-0.3, -0.25) is 10.2 Å². The van der Waals surface area contributed by atoms with Gasteiger partial charge in [0.25, 0.3) is 3.79 Å². The van der Waals surface area contributed by atoms with Crippen molar-refractivity contribution in [3.8, 4) is 17.2 Å². The van der Waals surface area contributed by atoms with E-state index in [0.29, 0.717) is 28.4 Å². The Hall–Kier alpha value is -3.50. The summed E-state index contributed by atoms with van der Waals surface area (Å²) < 4.78 is 84.4. The number of halogens is 6. The van der Waals surface area contributed by atoms with Gasteiger partial charge < -0.3 is 43.2 Å². The average molecular weight is 780 g/mol. The summed E-state index contributed by atoms with van der Waals surface area (Å²) in [5.41, 5.74) is 2.06. The zero-order chi connectivity index (χ0) is 37.2. The maximum absolute atomic E-state index is 13.7. The lowest BCUT2D eigenvalue weighted by atomic mass is 9.95. The molecule has 3 aromatic carbocycles. The van der Waals surface area contributed by atoms with E-state index in [9.17, 15) is 18.0 Å². The number of carbonyl (C=O) groups is 1. The molecule has 1 fully saturated rings. The third-order valence-electron chi connectivity index (χ3n) is 7.61. The van der Waals surface area contributed by atoms with Gasteiger partial charge in [-0.15, -0.1) is 0 Å². The standard InChI is InChI=1S/C34H36Cl3F3N2O9/c1-44-23-10-4-20(5-11-23)16-47-19-26-28(48-17-21-6-12-24(45-2)13-7-21)29(49-18-22-8-14-25(46-3)15-9-22)27(42-32(43)34(38,39)40)30(50-26)51-31(41)33(35,36)37/h4-15,26-30,41H,16-19H2,1-3H3,(H,42,43)/t26?,27?,28-,29+,30?/m0/s1. The highest BCUT2D eigenvalue weighted by molar-refractivity contribution is 6.76. The number of hydrogen-bond acceptors (Lipinski definition) is 10. The van der Waals surface area contributed by atoms with Crippen LogP contribution in [0.25, 0.3) is 0 Å². The molecule has 3 unspecified atom stereocenters. The first-order valence-electron chi connectivity index (χ1n) is 15.3. The molecule has 1 aliphatic heterocycles. The van der Waals surface area contributed by atoms with Crippen LogP contribution in [0, 0.1) is 5.41 Å². The van der Waals surface area contributed by atoms with Crippen LogP contribution >= 0.6 is 34.8 Å². The number of carbonyl (C=O) groups excluding carboxylic acids is 1. The van der Waals surface area contributed by atoms with Crippen LogP contribution in [-0.2, 0) is 48.3 Å². The summed E-state index contributed by atoms with van der Waals surface area (Å²) in [5, 5.41) is 10.1. The van der Waals surface area contributed by atoms with E-state index >= 15 is 0 Å². The normalized spacial score (nSPS) is 20.7. The lowest BCUT2D eigenvalue weighted by molar-refractivity contribution is -0.275. The van der Waals surface area contributed by atoms with E-state index in [4.69, 9.17) is 78.1 Å². The van der Waals surface area contributed by atoms with Crippen LogP contribution in [0.2, 0.25) is 0 Å². The molecule has 0 radical (unpaired) electrons. The molecule has 1 aliphatic rings. The second-order valence-corrected chi connectivity index (χ2v) is 13.4. The number of hydrogen-bond donors (Lipinski definition) is 2. The van der Waals surface area contributed by atoms with Crippen molar-refractivity contribution in [1.29, 1.82) is 5.41 Å². The fourth-order valence-corrected chi connectivity index (χ4v) is 5.08. The Morgan fingerprint density at radius 2 is 1.18 bits per heavy atom. The van der Waals surface area contributed by atoms with Gasteiger partial charge in [0.2, 0.25) is 12.2 Å². The van der Waals surface area contributed by atoms with E-state index in [2.05, 4.69) is 0 Å². The molecule has 0 saturated carbocycles. The summed E-state index contributed by atoms with van der Waals surface area (Å²) in [6.45, 7) is -0.340. The van der Waals surface area contributed by atoms with E-state index in [1.54, 1.807) is 72.8 Å². The highest BCUT2D eigenvalue weighted by Crippen LogP contribution is 2.34. The summed E-state index contributed by atoms with van der Waals surface area (Å²) in [5.74, 6) is -1.51. The van der Waals surface area contributed by atoms with Gasteiger partial charge in [-0.05, 0) is 53.1 Å². The summed E-state index contributed by atoms with van der Waals surface area (Å²) >= 11 is 17.6. The number of ether oxygens (including phenoxy) is 8. The van der Waals surface area contributed by atoms with Gasteiger partial charge in [-0.1, -0.05) is 71.2 Å². The predicted octanol–water partition coefficient (Wildman–Crippen LogP) is 6.54. The third kappa shape index (κ3) is 11.8. The number of amides is 1. The second kappa shape index (κ2) is 18.3. The maximum atomic E-state index is 13.7. The van der Waals surface area contributed by atoms with E-state index in [-0.39, 0.29) is 26.4 Å². The number of methoxy groups -OCH3 is 3. The Morgan fingerprint density at radius 1 is 0.745 bits per heavy atom. The van der Waals surface area contributed by atoms with Crippen molar-refractivity contribution in [3.05, 3.63) is 89.5 Å². The van der Waals surface area contributed by atoms with Gasteiger partial charge in [0.05, 0.1) is 47.8 Å². The molecule has 1 heterocycles. The van der Waals surface area contributed by atoms with Crippen molar-refractivity contribution in [2.75, 3.05) is 27.9 Å². The van der Waals surface area contributed by atoms with Crippen LogP contribution in [-0.4, -0.2) is 80.4 Å². The molecule has 1 amide bonds. The molecule has 4 rings (SSSR count). The van der Waals surface area contributed by atoms with E-state index in [1.807, 2.05) is 5.32 Å². The molecule has 0 spiro atoms. The minimum absolute atomic E-state index is 0.0647. The fraction of sp³-hybridized carbons (Fsp3) is 0.412. The average Bonchev–Trinajstić information content (AvgIpc) is 3.11. The highest BCUT2D eigenvalue weighted by Gasteiger charge is 2.53. The molecular formula is C34H36Cl3F3N2O9. The smallest absolute Gasteiger partial charge is 0.471 e. The van der Waals surface area contributed by atoms with Crippen molar-refractivity contribution in [2.24, 2.45) is 0 Å². The molecule has 3 aromatic rings. The number of alkyl halides is 6. The van der Waals surface area contributed by atoms with Crippen LogP contribution < -0.4 is 19.5 Å². The Kier molecular flexibility index (Phi) is 14.5. The Labute approximate surface area is 307 Å². The number of nitrogens with one attached hydrogen (secondary N) is 2. The molecule has 2 N–H and O–H groups in total. The van der Waals surface area contributed by atoms with Gasteiger partial charge >= 0.3 is 12.1 Å². The Balaban J connectivity index is 1.71. The SMILES string of the molecule is COc1ccc(COCC2OC(OC(=N)C(Cl)(Cl)Cl)C(NC(=O)C(F)(F)F)[C@@H](OCc3ccc(OC)cc3)[C@H]2OCc2ccc(OC)cc2)cc1. The van der Waals surface area contributed by atoms with E-state index < -0.39 is 52.4 Å². The molecule has 11 nitrogen and oxygen atoms in total. The molecule has 278 valence electrons. The molecule has 0 aliphatic carbocycles. The molecule has 1 saturated heterocycles. The predicted molar refractivity (Wildman–Crippen MR) is 182 cm³/mol. The van der Waals surface area contributed by atoms with Crippen LogP contribution in [0.4, 0.5) is 13.2 Å². The van der Waals surface area contributed by atoms with E-state index in [0.717, 1.165) is 5.56 Å². The highest BCUT2D eigenvalue weighted by atomic mass is 35.6. The molecule has 5 atom stereocenters. The summed E-state index contributed by atoms with van der Waals surface area (Å²) in [7, 11) is 4.55. The number of benzene rings is 3. The largest absolute Gasteiger partial charge is 0.497 e. The maximum Gasteiger partial charge on any atom is 0.471 e. The van der Waals surface area contributed by atoms with Crippen LogP contribution in [0.15, 0.2) is 72.8 Å². The van der Waals surface area contributed by atoms with Gasteiger partial charge in [0.1, 0.15) is 41.6 Å². The molecule has 17 heteroatoms. The van der Waals surface area contributed by atoms with Crippen molar-refractivity contribution in [2.45, 2.75) is 60.4 Å². The molecule has 51 heavy (non-hydrogen) atoms. The zero-order valence-corrected chi connectivity index (χ0v) is 29.9. The van der Waals surface area contributed by atoms with Crippen molar-refractivity contribution < 1.29 is 55.9 Å². The van der Waals surface area contributed by atoms with Crippen LogP contribution in [0.3, 0.4) is 0 Å². The molecule has 0 bridgehead atoms. The first-order valence-corrected chi connectivity index (χ1v) is 16.4. The second-order valence-electron chi connectivity index (χ2n) is 11.1. The van der Waals surface area contributed by atoms with Crippen molar-refractivity contribution >= 4 is 46.6 Å². The minimum Gasteiger partial charge on any atom is -0.497 e. The Morgan fingerprint density at radius 3 is 1.59 bits per heavy atom. The first-order chi connectivity index (χ1) is 24.2. The van der Waals surface area contributed by atoms with Crippen LogP contribution in [0.1, 0.15) is 16.7 Å². The van der Waals surface area contributed by atoms with Crippen LogP contribution in [0.5, 0.6) is 17.2 Å². The van der Waals surface area contributed by atoms with Gasteiger partial charge in [-0.2, -0.15) is 13.2 Å². The van der Waals surface area contributed by atoms with Crippen molar-refractivity contribution in [3.63, 3.8) is 0 Å². The quantitative estimate of drug-likeness (QED) is 0.101. The van der Waals surface area contributed by atoms with Crippen molar-refractivity contribution in [1.82, 2.24) is 5.32 Å². The van der Waals surface area contributed by atoms with Gasteiger partial charge in [0, 0.05) is 0 Å². The monoisotopic (exact) mass is 778 g/mol. The number of rotatable bonds is 15. The zero-order valence-electron chi connectivity index (χ0n) is 27.6. The summed E-state index contributed by atoms with van der Waals surface area (Å²) in [6, 6.07) is 19.0. The van der Waals surface area contributed by atoms with Gasteiger partial charge in [0.15, 0.2) is 0 Å². The van der Waals surface area contributed by atoms with E-state index in [1.165, 1.54) is 21.3 Å². The topological polar surface area (TPSA) is 127 Å². The minimum atomic E-state index is -5.31. The summed E-state index contributed by atoms with van der Waals surface area (Å²) in [4.78, 5) is 12.4.